The van der Waals surface area contributed by atoms with Gasteiger partial charge >= 0.3 is 0 Å². The lowest BCUT2D eigenvalue weighted by atomic mass is 10.1. The van der Waals surface area contributed by atoms with E-state index in [0.717, 1.165) is 5.69 Å². The number of nitrogens with zero attached hydrogens (tertiary/aromatic N) is 1. The predicted molar refractivity (Wildman–Crippen MR) is 65.8 cm³/mol. The lowest BCUT2D eigenvalue weighted by Crippen LogP contribution is -2.10. The lowest BCUT2D eigenvalue weighted by Gasteiger charge is -2.16. The molecule has 84 valence electrons. The lowest BCUT2D eigenvalue weighted by molar-refractivity contribution is 0.269. The molecule has 0 aliphatic carbocycles. The number of rotatable bonds is 3. The SMILES string of the molecule is CC(c1ccccc1)n1c(CO)c[nH]c1=S. The highest BCUT2D eigenvalue weighted by molar-refractivity contribution is 7.71. The van der Waals surface area contributed by atoms with Crippen LogP contribution in [0.2, 0.25) is 0 Å². The van der Waals surface area contributed by atoms with Crippen molar-refractivity contribution >= 4 is 12.2 Å². The Kier molecular flexibility index (Phi) is 3.22. The molecule has 0 aliphatic heterocycles. The average molecular weight is 234 g/mol. The summed E-state index contributed by atoms with van der Waals surface area (Å²) in [7, 11) is 0. The van der Waals surface area contributed by atoms with Crippen LogP contribution >= 0.6 is 12.2 Å². The summed E-state index contributed by atoms with van der Waals surface area (Å²) >= 11 is 5.21. The summed E-state index contributed by atoms with van der Waals surface area (Å²) in [6, 6.07) is 10.2. The Bertz CT molecular complexity index is 515. The molecule has 0 radical (unpaired) electrons. The van der Waals surface area contributed by atoms with Crippen LogP contribution in [0.5, 0.6) is 0 Å². The first-order valence-electron chi connectivity index (χ1n) is 5.18. The summed E-state index contributed by atoms with van der Waals surface area (Å²) in [5.74, 6) is 0. The molecule has 16 heavy (non-hydrogen) atoms. The Morgan fingerprint density at radius 2 is 2.06 bits per heavy atom. The third kappa shape index (κ3) is 1.94. The monoisotopic (exact) mass is 234 g/mol. The molecule has 2 aromatic rings. The van der Waals surface area contributed by atoms with Gasteiger partial charge in [-0.2, -0.15) is 0 Å². The van der Waals surface area contributed by atoms with E-state index in [-0.39, 0.29) is 12.6 Å². The van der Waals surface area contributed by atoms with Crippen molar-refractivity contribution < 1.29 is 5.11 Å². The third-order valence-corrected chi connectivity index (χ3v) is 3.04. The van der Waals surface area contributed by atoms with Crippen LogP contribution in [-0.4, -0.2) is 14.7 Å². The number of hydrogen-bond donors (Lipinski definition) is 2. The minimum atomic E-state index is -0.00961. The normalized spacial score (nSPS) is 12.6. The highest BCUT2D eigenvalue weighted by Gasteiger charge is 2.11. The number of hydrogen-bond acceptors (Lipinski definition) is 2. The van der Waals surface area contributed by atoms with Crippen LogP contribution in [0.3, 0.4) is 0 Å². The van der Waals surface area contributed by atoms with E-state index >= 15 is 0 Å². The van der Waals surface area contributed by atoms with E-state index in [1.807, 2.05) is 22.8 Å². The summed E-state index contributed by atoms with van der Waals surface area (Å²) in [5.41, 5.74) is 1.98. The van der Waals surface area contributed by atoms with E-state index in [2.05, 4.69) is 24.0 Å². The molecule has 2 rings (SSSR count). The van der Waals surface area contributed by atoms with Gasteiger partial charge in [0.25, 0.3) is 0 Å². The van der Waals surface area contributed by atoms with Crippen molar-refractivity contribution in [2.24, 2.45) is 0 Å². The Morgan fingerprint density at radius 3 is 2.69 bits per heavy atom. The second-order valence-corrected chi connectivity index (χ2v) is 4.09. The zero-order valence-electron chi connectivity index (χ0n) is 9.05. The van der Waals surface area contributed by atoms with Gasteiger partial charge in [0.05, 0.1) is 18.3 Å². The van der Waals surface area contributed by atoms with Crippen molar-refractivity contribution in [2.45, 2.75) is 19.6 Å². The number of aromatic nitrogens is 2. The molecule has 4 heteroatoms. The van der Waals surface area contributed by atoms with Gasteiger partial charge in [-0.1, -0.05) is 30.3 Å². The minimum Gasteiger partial charge on any atom is -0.390 e. The molecule has 1 aromatic heterocycles. The van der Waals surface area contributed by atoms with Gasteiger partial charge in [0.1, 0.15) is 0 Å². The Hall–Kier alpha value is -1.39. The van der Waals surface area contributed by atoms with Gasteiger partial charge in [0, 0.05) is 6.20 Å². The van der Waals surface area contributed by atoms with Crippen molar-refractivity contribution in [3.63, 3.8) is 0 Å². The molecule has 3 nitrogen and oxygen atoms in total. The fourth-order valence-electron chi connectivity index (χ4n) is 1.84. The van der Waals surface area contributed by atoms with E-state index in [9.17, 15) is 5.11 Å². The van der Waals surface area contributed by atoms with E-state index in [1.54, 1.807) is 6.20 Å². The maximum atomic E-state index is 9.24. The summed E-state index contributed by atoms with van der Waals surface area (Å²) in [6.07, 6.45) is 1.75. The van der Waals surface area contributed by atoms with Gasteiger partial charge in [-0.15, -0.1) is 0 Å². The van der Waals surface area contributed by atoms with Crippen LogP contribution in [0.4, 0.5) is 0 Å². The van der Waals surface area contributed by atoms with Crippen molar-refractivity contribution in [1.82, 2.24) is 9.55 Å². The van der Waals surface area contributed by atoms with Crippen LogP contribution in [0.25, 0.3) is 0 Å². The van der Waals surface area contributed by atoms with Crippen LogP contribution in [0.15, 0.2) is 36.5 Å². The molecule has 2 N–H and O–H groups in total. The number of nitrogens with one attached hydrogen (secondary N) is 1. The van der Waals surface area contributed by atoms with E-state index < -0.39 is 0 Å². The van der Waals surface area contributed by atoms with E-state index in [1.165, 1.54) is 5.56 Å². The average Bonchev–Trinajstić information content (AvgIpc) is 2.70. The van der Waals surface area contributed by atoms with Gasteiger partial charge < -0.3 is 14.7 Å². The molecule has 0 bridgehead atoms. The predicted octanol–water partition coefficient (Wildman–Crippen LogP) is 2.65. The van der Waals surface area contributed by atoms with Gasteiger partial charge in [-0.05, 0) is 24.7 Å². The smallest absolute Gasteiger partial charge is 0.177 e. The first-order valence-corrected chi connectivity index (χ1v) is 5.59. The summed E-state index contributed by atoms with van der Waals surface area (Å²) in [5, 5.41) is 9.24. The first-order chi connectivity index (χ1) is 7.74. The van der Waals surface area contributed by atoms with Crippen LogP contribution in [0, 0.1) is 4.77 Å². The van der Waals surface area contributed by atoms with Crippen LogP contribution in [-0.2, 0) is 6.61 Å². The third-order valence-electron chi connectivity index (χ3n) is 2.72. The summed E-state index contributed by atoms with van der Waals surface area (Å²) in [4.78, 5) is 2.96. The van der Waals surface area contributed by atoms with Gasteiger partial charge in [-0.25, -0.2) is 0 Å². The second-order valence-electron chi connectivity index (χ2n) is 3.70. The van der Waals surface area contributed by atoms with Crippen molar-refractivity contribution in [1.29, 1.82) is 0 Å². The molecule has 1 unspecified atom stereocenters. The number of aromatic amines is 1. The molecule has 1 heterocycles. The van der Waals surface area contributed by atoms with E-state index in [0.29, 0.717) is 4.77 Å². The molecule has 0 aliphatic rings. The Labute approximate surface area is 99.4 Å². The number of H-pyrrole nitrogens is 1. The number of benzene rings is 1. The zero-order chi connectivity index (χ0) is 11.5. The van der Waals surface area contributed by atoms with E-state index in [4.69, 9.17) is 12.2 Å². The summed E-state index contributed by atoms with van der Waals surface area (Å²) in [6.45, 7) is 2.06. The Morgan fingerprint density at radius 1 is 1.38 bits per heavy atom. The molecule has 1 aromatic carbocycles. The van der Waals surface area contributed by atoms with Gasteiger partial charge in [-0.3, -0.25) is 0 Å². The number of imidazole rings is 1. The maximum Gasteiger partial charge on any atom is 0.177 e. The molecular formula is C12H14N2OS. The zero-order valence-corrected chi connectivity index (χ0v) is 9.87. The highest BCUT2D eigenvalue weighted by atomic mass is 32.1. The largest absolute Gasteiger partial charge is 0.390 e. The minimum absolute atomic E-state index is 0.00961. The second kappa shape index (κ2) is 4.63. The molecule has 0 saturated carbocycles. The van der Waals surface area contributed by atoms with Gasteiger partial charge in [0.15, 0.2) is 4.77 Å². The topological polar surface area (TPSA) is 41.0 Å². The standard InChI is InChI=1S/C12H14N2OS/c1-9(10-5-3-2-4-6-10)14-11(8-15)7-13-12(14)16/h2-7,9,15H,8H2,1H3,(H,13,16). The number of aliphatic hydroxyl groups excluding tert-OH is 1. The molecule has 0 saturated heterocycles. The molecule has 0 spiro atoms. The van der Waals surface area contributed by atoms with Crippen molar-refractivity contribution in [2.75, 3.05) is 0 Å². The summed E-state index contributed by atoms with van der Waals surface area (Å²) < 4.78 is 2.57. The quantitative estimate of drug-likeness (QED) is 0.802. The van der Waals surface area contributed by atoms with Crippen LogP contribution < -0.4 is 0 Å². The first kappa shape index (κ1) is 11.1. The van der Waals surface area contributed by atoms with Crippen molar-refractivity contribution in [3.8, 4) is 0 Å². The Balaban J connectivity index is 2.45. The maximum absolute atomic E-state index is 9.24. The number of aliphatic hydroxyl groups is 1. The highest BCUT2D eigenvalue weighted by Crippen LogP contribution is 2.20. The molecule has 0 amide bonds. The fraction of sp³-hybridized carbons (Fsp3) is 0.250. The van der Waals surface area contributed by atoms with Crippen LogP contribution in [0.1, 0.15) is 24.2 Å². The molecule has 1 atom stereocenters. The molecule has 0 fully saturated rings. The fourth-order valence-corrected chi connectivity index (χ4v) is 2.18. The molecular weight excluding hydrogens is 220 g/mol. The van der Waals surface area contributed by atoms with Crippen molar-refractivity contribution in [3.05, 3.63) is 52.6 Å². The van der Waals surface area contributed by atoms with Gasteiger partial charge in [0.2, 0.25) is 0 Å².